The first-order chi connectivity index (χ1) is 29.5. The molecule has 0 heterocycles. The molecule has 1 amide bonds. The summed E-state index contributed by atoms with van der Waals surface area (Å²) in [7, 11) is 1.23. The lowest BCUT2D eigenvalue weighted by Gasteiger charge is -2.29. The number of nitrogens with one attached hydrogen (secondary N) is 1. The zero-order valence-corrected chi connectivity index (χ0v) is 41.5. The molecule has 0 saturated carbocycles. The third kappa shape index (κ3) is 46.3. The summed E-state index contributed by atoms with van der Waals surface area (Å²) in [5.41, 5.74) is 0. The van der Waals surface area contributed by atoms with Gasteiger partial charge in [0.05, 0.1) is 39.9 Å². The number of allylic oxidation sites excluding steroid dienone is 7. The highest BCUT2D eigenvalue weighted by Gasteiger charge is 2.23. The Morgan fingerprint density at radius 1 is 0.557 bits per heavy atom. The summed E-state index contributed by atoms with van der Waals surface area (Å²) in [5, 5.41) is 13.7. The van der Waals surface area contributed by atoms with E-state index in [0.29, 0.717) is 17.4 Å². The molecule has 3 unspecified atom stereocenters. The Bertz CT molecular complexity index is 1130. The van der Waals surface area contributed by atoms with Crippen LogP contribution in [-0.2, 0) is 18.4 Å². The number of carbonyl (C=O) groups excluding carboxylic acids is 1. The van der Waals surface area contributed by atoms with Crippen molar-refractivity contribution >= 4 is 13.7 Å². The highest BCUT2D eigenvalue weighted by Crippen LogP contribution is 2.38. The van der Waals surface area contributed by atoms with E-state index in [4.69, 9.17) is 9.05 Å². The number of aliphatic hydroxyl groups excluding tert-OH is 1. The third-order valence-corrected chi connectivity index (χ3v) is 12.2. The fraction of sp³-hybridized carbons (Fsp3) is 0.827. The molecule has 0 spiro atoms. The minimum Gasteiger partial charge on any atom is -0.756 e. The van der Waals surface area contributed by atoms with Crippen LogP contribution in [0.4, 0.5) is 0 Å². The summed E-state index contributed by atoms with van der Waals surface area (Å²) in [4.78, 5) is 25.2. The Kier molecular flexibility index (Phi) is 42.6. The van der Waals surface area contributed by atoms with Gasteiger partial charge in [0.1, 0.15) is 13.2 Å². The summed E-state index contributed by atoms with van der Waals surface area (Å²) in [6.07, 6.45) is 56.3. The Morgan fingerprint density at radius 3 is 1.39 bits per heavy atom. The molecule has 8 nitrogen and oxygen atoms in total. The lowest BCUT2D eigenvalue weighted by atomic mass is 10.0. The molecule has 0 saturated heterocycles. The molecule has 3 atom stereocenters. The molecule has 2 N–H and O–H groups in total. The van der Waals surface area contributed by atoms with Crippen molar-refractivity contribution < 1.29 is 32.9 Å². The fourth-order valence-corrected chi connectivity index (χ4v) is 7.91. The first-order valence-electron chi connectivity index (χ1n) is 25.5. The Labute approximate surface area is 378 Å². The molecular weight excluding hydrogens is 780 g/mol. The van der Waals surface area contributed by atoms with E-state index in [2.05, 4.69) is 55.6 Å². The maximum absolute atomic E-state index is 12.8. The van der Waals surface area contributed by atoms with Gasteiger partial charge in [0.25, 0.3) is 7.82 Å². The number of hydrogen-bond acceptors (Lipinski definition) is 6. The second-order valence-electron chi connectivity index (χ2n) is 18.5. The molecule has 0 aliphatic heterocycles. The molecule has 9 heteroatoms. The molecule has 61 heavy (non-hydrogen) atoms. The van der Waals surface area contributed by atoms with Gasteiger partial charge in [0.15, 0.2) is 0 Å². The first-order valence-corrected chi connectivity index (χ1v) is 27.0. The molecule has 0 fully saturated rings. The Balaban J connectivity index is 4.21. The van der Waals surface area contributed by atoms with Gasteiger partial charge in [-0.05, 0) is 64.2 Å². The van der Waals surface area contributed by atoms with Crippen LogP contribution in [0.1, 0.15) is 226 Å². The molecule has 0 aliphatic carbocycles. The van der Waals surface area contributed by atoms with E-state index in [1.807, 2.05) is 27.2 Å². The van der Waals surface area contributed by atoms with Crippen LogP contribution in [0.3, 0.4) is 0 Å². The van der Waals surface area contributed by atoms with Crippen molar-refractivity contribution in [2.45, 2.75) is 238 Å². The van der Waals surface area contributed by atoms with Crippen LogP contribution < -0.4 is 10.2 Å². The van der Waals surface area contributed by atoms with E-state index in [9.17, 15) is 19.4 Å². The van der Waals surface area contributed by atoms with Crippen molar-refractivity contribution in [2.24, 2.45) is 0 Å². The number of likely N-dealkylation sites (N-methyl/N-ethyl adjacent to an activating group) is 1. The number of phosphoric ester groups is 1. The average Bonchev–Trinajstić information content (AvgIpc) is 3.21. The highest BCUT2D eigenvalue weighted by atomic mass is 31.2. The number of amides is 1. The predicted molar refractivity (Wildman–Crippen MR) is 261 cm³/mol. The molecule has 0 bridgehead atoms. The topological polar surface area (TPSA) is 108 Å². The zero-order chi connectivity index (χ0) is 45.0. The number of hydrogen-bond donors (Lipinski definition) is 2. The lowest BCUT2D eigenvalue weighted by molar-refractivity contribution is -0.870. The first kappa shape index (κ1) is 59.5. The van der Waals surface area contributed by atoms with Crippen LogP contribution in [0.25, 0.3) is 0 Å². The number of carbonyl (C=O) groups is 1. The van der Waals surface area contributed by atoms with Crippen molar-refractivity contribution in [3.8, 4) is 0 Å². The molecule has 0 aromatic rings. The number of rotatable bonds is 46. The average molecular weight is 879 g/mol. The van der Waals surface area contributed by atoms with E-state index in [-0.39, 0.29) is 12.5 Å². The summed E-state index contributed by atoms with van der Waals surface area (Å²) in [6.45, 7) is 4.55. The van der Waals surface area contributed by atoms with Crippen molar-refractivity contribution in [3.63, 3.8) is 0 Å². The standard InChI is InChI=1S/C52H99N2O6P/c1-6-8-10-12-14-16-18-19-20-21-22-23-24-25-26-27-28-29-30-31-32-33-34-35-36-37-39-41-43-45-51(55)50(49-60-61(57,58)59-48-47-54(3,4)5)53-52(56)46-44-42-40-38-17-15-13-11-9-7-2/h11,13,32-33,36-37,43,45,50-51,55H,6-10,12,14-31,34-35,38-42,44,46-49H2,1-5H3,(H-,53,56,57,58)/b13-11-,33-32+,37-36+,45-43+. The van der Waals surface area contributed by atoms with Gasteiger partial charge >= 0.3 is 0 Å². The Morgan fingerprint density at radius 2 is 0.951 bits per heavy atom. The normalized spacial score (nSPS) is 14.5. The van der Waals surface area contributed by atoms with Gasteiger partial charge in [-0.3, -0.25) is 9.36 Å². The summed E-state index contributed by atoms with van der Waals surface area (Å²) in [5.74, 6) is -0.224. The maximum atomic E-state index is 12.8. The highest BCUT2D eigenvalue weighted by molar-refractivity contribution is 7.45. The van der Waals surface area contributed by atoms with Gasteiger partial charge in [-0.2, -0.15) is 0 Å². The van der Waals surface area contributed by atoms with Gasteiger partial charge in [-0.15, -0.1) is 0 Å². The van der Waals surface area contributed by atoms with E-state index < -0.39 is 26.6 Å². The fourth-order valence-electron chi connectivity index (χ4n) is 7.19. The van der Waals surface area contributed by atoms with Crippen LogP contribution in [0.2, 0.25) is 0 Å². The summed E-state index contributed by atoms with van der Waals surface area (Å²) >= 11 is 0. The van der Waals surface area contributed by atoms with Crippen molar-refractivity contribution in [1.29, 1.82) is 0 Å². The molecule has 0 aromatic carbocycles. The molecule has 0 rings (SSSR count). The van der Waals surface area contributed by atoms with Crippen molar-refractivity contribution in [2.75, 3.05) is 40.9 Å². The third-order valence-electron chi connectivity index (χ3n) is 11.2. The minimum atomic E-state index is -4.60. The van der Waals surface area contributed by atoms with Gasteiger partial charge in [0, 0.05) is 6.42 Å². The molecule has 0 aliphatic rings. The second kappa shape index (κ2) is 43.7. The zero-order valence-electron chi connectivity index (χ0n) is 40.6. The maximum Gasteiger partial charge on any atom is 0.268 e. The Hall–Kier alpha value is -1.54. The van der Waals surface area contributed by atoms with Crippen LogP contribution in [0.15, 0.2) is 48.6 Å². The van der Waals surface area contributed by atoms with Gasteiger partial charge in [-0.1, -0.05) is 204 Å². The van der Waals surface area contributed by atoms with Gasteiger partial charge in [-0.25, -0.2) is 0 Å². The monoisotopic (exact) mass is 879 g/mol. The second-order valence-corrected chi connectivity index (χ2v) is 19.9. The van der Waals surface area contributed by atoms with Crippen LogP contribution in [-0.4, -0.2) is 68.5 Å². The summed E-state index contributed by atoms with van der Waals surface area (Å²) < 4.78 is 23.2. The molecular formula is C52H99N2O6P. The van der Waals surface area contributed by atoms with Crippen LogP contribution in [0, 0.1) is 0 Å². The van der Waals surface area contributed by atoms with E-state index in [1.165, 1.54) is 135 Å². The minimum absolute atomic E-state index is 0.0117. The van der Waals surface area contributed by atoms with Crippen molar-refractivity contribution in [3.05, 3.63) is 48.6 Å². The number of unbranched alkanes of at least 4 members (excludes halogenated alkanes) is 27. The van der Waals surface area contributed by atoms with E-state index in [0.717, 1.165) is 70.6 Å². The van der Waals surface area contributed by atoms with Crippen LogP contribution in [0.5, 0.6) is 0 Å². The molecule has 0 aromatic heterocycles. The SMILES string of the molecule is CCC/C=C\CCCCCCCC(=O)NC(COP(=O)([O-])OCC[N+](C)(C)C)C(O)/C=C/CC/C=C/CC/C=C/CCCCCCCCCCCCCCCCCCCCC. The largest absolute Gasteiger partial charge is 0.756 e. The molecule has 0 radical (unpaired) electrons. The summed E-state index contributed by atoms with van der Waals surface area (Å²) in [6, 6.07) is -0.913. The molecule has 358 valence electrons. The number of aliphatic hydroxyl groups is 1. The van der Waals surface area contributed by atoms with Gasteiger partial charge < -0.3 is 28.8 Å². The van der Waals surface area contributed by atoms with Gasteiger partial charge in [0.2, 0.25) is 5.91 Å². The van der Waals surface area contributed by atoms with E-state index in [1.54, 1.807) is 6.08 Å². The number of quaternary nitrogens is 1. The number of nitrogens with zero attached hydrogens (tertiary/aromatic N) is 1. The van der Waals surface area contributed by atoms with E-state index >= 15 is 0 Å². The quantitative estimate of drug-likeness (QED) is 0.0273. The number of phosphoric acid groups is 1. The lowest BCUT2D eigenvalue weighted by Crippen LogP contribution is -2.45. The van der Waals surface area contributed by atoms with Crippen molar-refractivity contribution in [1.82, 2.24) is 5.32 Å². The smallest absolute Gasteiger partial charge is 0.268 e. The predicted octanol–water partition coefficient (Wildman–Crippen LogP) is 14.2. The van der Waals surface area contributed by atoms with Crippen LogP contribution >= 0.6 is 7.82 Å².